The molecule has 2 aromatic rings. The summed E-state index contributed by atoms with van der Waals surface area (Å²) >= 11 is 0. The summed E-state index contributed by atoms with van der Waals surface area (Å²) in [7, 11) is 0. The number of imidazole rings is 1. The van der Waals surface area contributed by atoms with Crippen LogP contribution in [0.4, 0.5) is 0 Å². The van der Waals surface area contributed by atoms with Crippen molar-refractivity contribution in [3.63, 3.8) is 0 Å². The summed E-state index contributed by atoms with van der Waals surface area (Å²) in [5, 5.41) is 3.38. The number of hydrogen-bond donors (Lipinski definition) is 1. The Balaban J connectivity index is 2.38. The maximum atomic E-state index is 4.58. The largest absolute Gasteiger partial charge is 0.324 e. The van der Waals surface area contributed by atoms with Crippen molar-refractivity contribution >= 4 is 11.0 Å². The minimum Gasteiger partial charge on any atom is -0.324 e. The van der Waals surface area contributed by atoms with E-state index < -0.39 is 0 Å². The van der Waals surface area contributed by atoms with Gasteiger partial charge in [0.25, 0.3) is 0 Å². The average molecular weight is 217 g/mol. The maximum absolute atomic E-state index is 4.58. The average Bonchev–Trinajstić information content (AvgIpc) is 2.62. The Bertz CT molecular complexity index is 473. The number of para-hydroxylation sites is 2. The van der Waals surface area contributed by atoms with Gasteiger partial charge in [0.05, 0.1) is 11.0 Å². The lowest BCUT2D eigenvalue weighted by molar-refractivity contribution is 0.503. The molecule has 0 amide bonds. The fourth-order valence-corrected chi connectivity index (χ4v) is 2.17. The number of hydrogen-bond acceptors (Lipinski definition) is 2. The Kier molecular flexibility index (Phi) is 3.25. The molecular formula is C13H19N3. The Morgan fingerprint density at radius 3 is 2.88 bits per heavy atom. The van der Waals surface area contributed by atoms with Gasteiger partial charge in [0, 0.05) is 12.6 Å². The van der Waals surface area contributed by atoms with Crippen LogP contribution in [0.3, 0.4) is 0 Å². The van der Waals surface area contributed by atoms with Gasteiger partial charge < -0.3 is 9.88 Å². The molecule has 0 aliphatic rings. The SMILES string of the molecule is CCNCC(C)n1c(C)nc2ccccc21. The predicted octanol–water partition coefficient (Wildman–Crippen LogP) is 2.52. The zero-order chi connectivity index (χ0) is 11.5. The number of rotatable bonds is 4. The molecule has 0 aliphatic heterocycles. The first kappa shape index (κ1) is 11.1. The predicted molar refractivity (Wildman–Crippen MR) is 67.7 cm³/mol. The zero-order valence-corrected chi connectivity index (χ0v) is 10.2. The van der Waals surface area contributed by atoms with E-state index >= 15 is 0 Å². The number of aromatic nitrogens is 2. The van der Waals surface area contributed by atoms with Crippen molar-refractivity contribution in [3.05, 3.63) is 30.1 Å². The molecule has 86 valence electrons. The van der Waals surface area contributed by atoms with Crippen LogP contribution in [-0.2, 0) is 0 Å². The van der Waals surface area contributed by atoms with E-state index in [4.69, 9.17) is 0 Å². The van der Waals surface area contributed by atoms with Crippen molar-refractivity contribution in [2.45, 2.75) is 26.8 Å². The third kappa shape index (κ3) is 1.95. The van der Waals surface area contributed by atoms with Gasteiger partial charge in [0.2, 0.25) is 0 Å². The van der Waals surface area contributed by atoms with Gasteiger partial charge in [-0.05, 0) is 32.5 Å². The summed E-state index contributed by atoms with van der Waals surface area (Å²) in [6.45, 7) is 8.42. The number of nitrogens with one attached hydrogen (secondary N) is 1. The molecule has 1 unspecified atom stereocenters. The summed E-state index contributed by atoms with van der Waals surface area (Å²) in [4.78, 5) is 4.58. The molecule has 1 N–H and O–H groups in total. The molecule has 0 radical (unpaired) electrons. The van der Waals surface area contributed by atoms with Crippen LogP contribution in [0.2, 0.25) is 0 Å². The number of aryl methyl sites for hydroxylation is 1. The van der Waals surface area contributed by atoms with Crippen molar-refractivity contribution in [1.29, 1.82) is 0 Å². The quantitative estimate of drug-likeness (QED) is 0.852. The molecule has 1 heterocycles. The second-order valence-corrected chi connectivity index (χ2v) is 4.17. The van der Waals surface area contributed by atoms with Crippen molar-refractivity contribution in [2.24, 2.45) is 0 Å². The Morgan fingerprint density at radius 2 is 2.12 bits per heavy atom. The van der Waals surface area contributed by atoms with Crippen LogP contribution in [0, 0.1) is 6.92 Å². The molecule has 0 saturated heterocycles. The lowest BCUT2D eigenvalue weighted by atomic mass is 10.2. The van der Waals surface area contributed by atoms with Crippen LogP contribution in [0.15, 0.2) is 24.3 Å². The van der Waals surface area contributed by atoms with Gasteiger partial charge in [-0.15, -0.1) is 0 Å². The minimum absolute atomic E-state index is 0.437. The second kappa shape index (κ2) is 4.66. The monoisotopic (exact) mass is 217 g/mol. The molecule has 0 saturated carbocycles. The standard InChI is InChI=1S/C13H19N3/c1-4-14-9-10(2)16-11(3)15-12-7-5-6-8-13(12)16/h5-8,10,14H,4,9H2,1-3H3. The van der Waals surface area contributed by atoms with Crippen molar-refractivity contribution in [1.82, 2.24) is 14.9 Å². The van der Waals surface area contributed by atoms with E-state index in [0.717, 1.165) is 24.4 Å². The number of likely N-dealkylation sites (N-methyl/N-ethyl adjacent to an activating group) is 1. The number of nitrogens with zero attached hydrogens (tertiary/aromatic N) is 2. The Morgan fingerprint density at radius 1 is 1.38 bits per heavy atom. The Labute approximate surface area is 96.5 Å². The molecule has 1 aromatic heterocycles. The second-order valence-electron chi connectivity index (χ2n) is 4.17. The van der Waals surface area contributed by atoms with Gasteiger partial charge >= 0.3 is 0 Å². The summed E-state index contributed by atoms with van der Waals surface area (Å²) < 4.78 is 2.30. The Hall–Kier alpha value is -1.35. The fourth-order valence-electron chi connectivity index (χ4n) is 2.17. The van der Waals surface area contributed by atoms with Crippen molar-refractivity contribution in [3.8, 4) is 0 Å². The molecule has 3 heteroatoms. The van der Waals surface area contributed by atoms with Gasteiger partial charge in [-0.3, -0.25) is 0 Å². The minimum atomic E-state index is 0.437. The van der Waals surface area contributed by atoms with Crippen LogP contribution < -0.4 is 5.32 Å². The number of fused-ring (bicyclic) bond motifs is 1. The third-order valence-electron chi connectivity index (χ3n) is 2.90. The van der Waals surface area contributed by atoms with Crippen LogP contribution in [0.25, 0.3) is 11.0 Å². The van der Waals surface area contributed by atoms with Crippen LogP contribution >= 0.6 is 0 Å². The summed E-state index contributed by atoms with van der Waals surface area (Å²) in [6.07, 6.45) is 0. The molecule has 0 bridgehead atoms. The first-order chi connectivity index (χ1) is 7.74. The highest BCUT2D eigenvalue weighted by molar-refractivity contribution is 5.76. The van der Waals surface area contributed by atoms with E-state index in [9.17, 15) is 0 Å². The highest BCUT2D eigenvalue weighted by Gasteiger charge is 2.11. The molecule has 2 rings (SSSR count). The highest BCUT2D eigenvalue weighted by Crippen LogP contribution is 2.19. The lowest BCUT2D eigenvalue weighted by Gasteiger charge is -2.16. The molecule has 1 aromatic carbocycles. The van der Waals surface area contributed by atoms with E-state index in [1.807, 2.05) is 6.07 Å². The summed E-state index contributed by atoms with van der Waals surface area (Å²) in [5.41, 5.74) is 2.31. The molecule has 1 atom stereocenters. The lowest BCUT2D eigenvalue weighted by Crippen LogP contribution is -2.23. The highest BCUT2D eigenvalue weighted by atomic mass is 15.1. The maximum Gasteiger partial charge on any atom is 0.107 e. The van der Waals surface area contributed by atoms with Gasteiger partial charge in [-0.1, -0.05) is 19.1 Å². The van der Waals surface area contributed by atoms with Gasteiger partial charge in [-0.25, -0.2) is 4.98 Å². The summed E-state index contributed by atoms with van der Waals surface area (Å²) in [5.74, 6) is 1.09. The van der Waals surface area contributed by atoms with Crippen LogP contribution in [-0.4, -0.2) is 22.6 Å². The zero-order valence-electron chi connectivity index (χ0n) is 10.2. The van der Waals surface area contributed by atoms with Gasteiger partial charge in [0.15, 0.2) is 0 Å². The van der Waals surface area contributed by atoms with Crippen molar-refractivity contribution in [2.75, 3.05) is 13.1 Å². The molecule has 0 aliphatic carbocycles. The molecule has 0 spiro atoms. The molecular weight excluding hydrogens is 198 g/mol. The van der Waals surface area contributed by atoms with E-state index in [0.29, 0.717) is 6.04 Å². The topological polar surface area (TPSA) is 29.9 Å². The smallest absolute Gasteiger partial charge is 0.107 e. The first-order valence-electron chi connectivity index (χ1n) is 5.88. The first-order valence-corrected chi connectivity index (χ1v) is 5.88. The van der Waals surface area contributed by atoms with E-state index in [1.165, 1.54) is 5.52 Å². The van der Waals surface area contributed by atoms with E-state index in [-0.39, 0.29) is 0 Å². The van der Waals surface area contributed by atoms with E-state index in [2.05, 4.69) is 53.8 Å². The van der Waals surface area contributed by atoms with E-state index in [1.54, 1.807) is 0 Å². The third-order valence-corrected chi connectivity index (χ3v) is 2.90. The van der Waals surface area contributed by atoms with Crippen molar-refractivity contribution < 1.29 is 0 Å². The molecule has 3 nitrogen and oxygen atoms in total. The fraction of sp³-hybridized carbons (Fsp3) is 0.462. The van der Waals surface area contributed by atoms with Gasteiger partial charge in [0.1, 0.15) is 5.82 Å². The summed E-state index contributed by atoms with van der Waals surface area (Å²) in [6, 6.07) is 8.75. The normalized spacial score (nSPS) is 13.2. The molecule has 0 fully saturated rings. The number of benzene rings is 1. The molecule has 16 heavy (non-hydrogen) atoms. The van der Waals surface area contributed by atoms with Crippen LogP contribution in [0.1, 0.15) is 25.7 Å². The van der Waals surface area contributed by atoms with Crippen LogP contribution in [0.5, 0.6) is 0 Å². The van der Waals surface area contributed by atoms with Gasteiger partial charge in [-0.2, -0.15) is 0 Å².